The highest BCUT2D eigenvalue weighted by molar-refractivity contribution is 9.10. The highest BCUT2D eigenvalue weighted by atomic mass is 79.9. The summed E-state index contributed by atoms with van der Waals surface area (Å²) in [5.74, 6) is -0.202. The molecule has 0 amide bonds. The van der Waals surface area contributed by atoms with Crippen molar-refractivity contribution < 1.29 is 4.39 Å². The summed E-state index contributed by atoms with van der Waals surface area (Å²) in [7, 11) is 0. The number of nitrogens with two attached hydrogens (primary N) is 1. The summed E-state index contributed by atoms with van der Waals surface area (Å²) in [6.07, 6.45) is 5.50. The SMILES string of the molecule is CC(C)(N)CC/C=C/c1cc(Br)ccc1F. The van der Waals surface area contributed by atoms with Gasteiger partial charge in [-0.1, -0.05) is 28.1 Å². The second-order valence-corrected chi connectivity index (χ2v) is 5.51. The van der Waals surface area contributed by atoms with E-state index in [-0.39, 0.29) is 11.4 Å². The Morgan fingerprint density at radius 1 is 1.44 bits per heavy atom. The molecule has 0 unspecified atom stereocenters. The molecule has 0 bridgehead atoms. The van der Waals surface area contributed by atoms with Gasteiger partial charge in [-0.3, -0.25) is 0 Å². The fraction of sp³-hybridized carbons (Fsp3) is 0.385. The van der Waals surface area contributed by atoms with Gasteiger partial charge in [-0.25, -0.2) is 4.39 Å². The molecule has 16 heavy (non-hydrogen) atoms. The smallest absolute Gasteiger partial charge is 0.130 e. The third kappa shape index (κ3) is 4.90. The Morgan fingerprint density at radius 2 is 2.12 bits per heavy atom. The first kappa shape index (κ1) is 13.4. The molecular weight excluding hydrogens is 269 g/mol. The Kier molecular flexibility index (Phi) is 4.69. The van der Waals surface area contributed by atoms with Crippen molar-refractivity contribution in [3.63, 3.8) is 0 Å². The van der Waals surface area contributed by atoms with Crippen LogP contribution in [-0.2, 0) is 0 Å². The van der Waals surface area contributed by atoms with Gasteiger partial charge in [0.25, 0.3) is 0 Å². The summed E-state index contributed by atoms with van der Waals surface area (Å²) in [6.45, 7) is 3.97. The van der Waals surface area contributed by atoms with E-state index in [9.17, 15) is 4.39 Å². The topological polar surface area (TPSA) is 26.0 Å². The Balaban J connectivity index is 2.59. The van der Waals surface area contributed by atoms with E-state index < -0.39 is 0 Å². The van der Waals surface area contributed by atoms with E-state index >= 15 is 0 Å². The van der Waals surface area contributed by atoms with Crippen molar-refractivity contribution in [2.24, 2.45) is 5.73 Å². The van der Waals surface area contributed by atoms with Crippen molar-refractivity contribution in [3.05, 3.63) is 40.1 Å². The molecule has 0 heterocycles. The number of hydrogen-bond acceptors (Lipinski definition) is 1. The first-order chi connectivity index (χ1) is 7.38. The normalized spacial score (nSPS) is 12.3. The lowest BCUT2D eigenvalue weighted by molar-refractivity contribution is 0.482. The summed E-state index contributed by atoms with van der Waals surface area (Å²) in [5.41, 5.74) is 6.29. The third-order valence-electron chi connectivity index (χ3n) is 2.21. The second kappa shape index (κ2) is 5.60. The van der Waals surface area contributed by atoms with Crippen molar-refractivity contribution in [2.75, 3.05) is 0 Å². The number of hydrogen-bond donors (Lipinski definition) is 1. The fourth-order valence-corrected chi connectivity index (χ4v) is 1.69. The number of benzene rings is 1. The molecule has 2 N–H and O–H groups in total. The molecule has 0 spiro atoms. The van der Waals surface area contributed by atoms with Gasteiger partial charge in [-0.15, -0.1) is 0 Å². The molecule has 0 saturated heterocycles. The Morgan fingerprint density at radius 3 is 2.75 bits per heavy atom. The van der Waals surface area contributed by atoms with Crippen LogP contribution in [-0.4, -0.2) is 5.54 Å². The molecule has 0 aromatic heterocycles. The van der Waals surface area contributed by atoms with Gasteiger partial charge < -0.3 is 5.73 Å². The van der Waals surface area contributed by atoms with Gasteiger partial charge >= 0.3 is 0 Å². The zero-order valence-corrected chi connectivity index (χ0v) is 11.2. The van der Waals surface area contributed by atoms with Gasteiger partial charge in [0.2, 0.25) is 0 Å². The van der Waals surface area contributed by atoms with E-state index in [1.165, 1.54) is 6.07 Å². The standard InChI is InChI=1S/C13H17BrFN/c1-13(2,16)8-4-3-5-10-9-11(14)6-7-12(10)15/h3,5-7,9H,4,8,16H2,1-2H3/b5-3+. The molecule has 3 heteroatoms. The summed E-state index contributed by atoms with van der Waals surface area (Å²) in [5, 5.41) is 0. The predicted molar refractivity (Wildman–Crippen MR) is 70.6 cm³/mol. The fourth-order valence-electron chi connectivity index (χ4n) is 1.31. The first-order valence-electron chi connectivity index (χ1n) is 5.29. The lowest BCUT2D eigenvalue weighted by Crippen LogP contribution is -2.31. The molecule has 0 aliphatic carbocycles. The molecule has 1 aromatic rings. The van der Waals surface area contributed by atoms with E-state index in [1.54, 1.807) is 18.2 Å². The van der Waals surface area contributed by atoms with Gasteiger partial charge in [0.05, 0.1) is 0 Å². The van der Waals surface area contributed by atoms with E-state index in [2.05, 4.69) is 15.9 Å². The Bertz CT molecular complexity index is 380. The summed E-state index contributed by atoms with van der Waals surface area (Å²) in [6, 6.07) is 4.91. The Labute approximate surface area is 105 Å². The molecule has 1 aromatic carbocycles. The van der Waals surface area contributed by atoms with Crippen LogP contribution in [0.15, 0.2) is 28.7 Å². The van der Waals surface area contributed by atoms with Crippen LogP contribution in [0.2, 0.25) is 0 Å². The maximum atomic E-state index is 13.3. The average Bonchev–Trinajstić information content (AvgIpc) is 2.16. The van der Waals surface area contributed by atoms with Gasteiger partial charge in [0.15, 0.2) is 0 Å². The number of halogens is 2. The molecule has 0 aliphatic heterocycles. The Hall–Kier alpha value is -0.670. The minimum absolute atomic E-state index is 0.167. The highest BCUT2D eigenvalue weighted by Gasteiger charge is 2.07. The average molecular weight is 286 g/mol. The summed E-state index contributed by atoms with van der Waals surface area (Å²) < 4.78 is 14.2. The summed E-state index contributed by atoms with van der Waals surface area (Å²) >= 11 is 3.32. The van der Waals surface area contributed by atoms with Crippen LogP contribution in [0.3, 0.4) is 0 Å². The van der Waals surface area contributed by atoms with Gasteiger partial charge in [-0.05, 0) is 44.9 Å². The molecule has 1 nitrogen and oxygen atoms in total. The van der Waals surface area contributed by atoms with Crippen LogP contribution >= 0.6 is 15.9 Å². The van der Waals surface area contributed by atoms with Crippen molar-refractivity contribution in [1.82, 2.24) is 0 Å². The third-order valence-corrected chi connectivity index (χ3v) is 2.70. The van der Waals surface area contributed by atoms with Crippen molar-refractivity contribution >= 4 is 22.0 Å². The second-order valence-electron chi connectivity index (χ2n) is 4.60. The zero-order chi connectivity index (χ0) is 12.2. The number of allylic oxidation sites excluding steroid dienone is 1. The van der Waals surface area contributed by atoms with Crippen LogP contribution in [0.5, 0.6) is 0 Å². The predicted octanol–water partition coefficient (Wildman–Crippen LogP) is 4.12. The van der Waals surface area contributed by atoms with E-state index in [0.29, 0.717) is 5.56 Å². The molecule has 0 radical (unpaired) electrons. The maximum absolute atomic E-state index is 13.3. The lowest BCUT2D eigenvalue weighted by Gasteiger charge is -2.16. The van der Waals surface area contributed by atoms with Crippen molar-refractivity contribution in [2.45, 2.75) is 32.2 Å². The van der Waals surface area contributed by atoms with Crippen LogP contribution < -0.4 is 5.73 Å². The largest absolute Gasteiger partial charge is 0.326 e. The molecular formula is C13H17BrFN. The summed E-state index contributed by atoms with van der Waals surface area (Å²) in [4.78, 5) is 0. The van der Waals surface area contributed by atoms with Gasteiger partial charge in [-0.2, -0.15) is 0 Å². The molecule has 0 fully saturated rings. The van der Waals surface area contributed by atoms with E-state index in [0.717, 1.165) is 17.3 Å². The van der Waals surface area contributed by atoms with Gasteiger partial charge in [0, 0.05) is 15.6 Å². The minimum Gasteiger partial charge on any atom is -0.326 e. The molecule has 0 aliphatic rings. The van der Waals surface area contributed by atoms with Gasteiger partial charge in [0.1, 0.15) is 5.82 Å². The van der Waals surface area contributed by atoms with E-state index in [1.807, 2.05) is 19.9 Å². The van der Waals surface area contributed by atoms with Crippen LogP contribution in [0.4, 0.5) is 4.39 Å². The number of rotatable bonds is 4. The van der Waals surface area contributed by atoms with Crippen molar-refractivity contribution in [1.29, 1.82) is 0 Å². The van der Waals surface area contributed by atoms with E-state index in [4.69, 9.17) is 5.73 Å². The molecule has 88 valence electrons. The molecule has 0 atom stereocenters. The molecule has 0 saturated carbocycles. The van der Waals surface area contributed by atoms with Crippen LogP contribution in [0.25, 0.3) is 6.08 Å². The maximum Gasteiger partial charge on any atom is 0.130 e. The van der Waals surface area contributed by atoms with Crippen molar-refractivity contribution in [3.8, 4) is 0 Å². The first-order valence-corrected chi connectivity index (χ1v) is 6.08. The lowest BCUT2D eigenvalue weighted by atomic mass is 10.00. The zero-order valence-electron chi connectivity index (χ0n) is 9.63. The van der Waals surface area contributed by atoms with Crippen LogP contribution in [0.1, 0.15) is 32.3 Å². The molecule has 1 rings (SSSR count). The minimum atomic E-state index is -0.202. The quantitative estimate of drug-likeness (QED) is 0.885. The highest BCUT2D eigenvalue weighted by Crippen LogP contribution is 2.17. The van der Waals surface area contributed by atoms with Crippen LogP contribution in [0, 0.1) is 5.82 Å². The monoisotopic (exact) mass is 285 g/mol.